The van der Waals surface area contributed by atoms with Gasteiger partial charge >= 0.3 is 0 Å². The van der Waals surface area contributed by atoms with Crippen LogP contribution in [0, 0.1) is 0 Å². The van der Waals surface area contributed by atoms with Gasteiger partial charge in [-0.1, -0.05) is 11.8 Å². The van der Waals surface area contributed by atoms with E-state index in [-0.39, 0.29) is 5.91 Å². The number of amides is 1. The zero-order chi connectivity index (χ0) is 15.8. The van der Waals surface area contributed by atoms with Crippen LogP contribution >= 0.6 is 11.8 Å². The van der Waals surface area contributed by atoms with Crippen molar-refractivity contribution in [3.05, 3.63) is 36.7 Å². The first-order chi connectivity index (χ1) is 10.7. The normalized spacial score (nSPS) is 10.1. The highest BCUT2D eigenvalue weighted by Crippen LogP contribution is 2.26. The number of benzene rings is 1. The highest BCUT2D eigenvalue weighted by Gasteiger charge is 2.07. The second-order valence-corrected chi connectivity index (χ2v) is 5.34. The maximum Gasteiger partial charge on any atom is 0.225 e. The number of thioether (sulfide) groups is 1. The Morgan fingerprint density at radius 1 is 1.14 bits per heavy atom. The maximum absolute atomic E-state index is 12.0. The molecule has 0 atom stereocenters. The van der Waals surface area contributed by atoms with E-state index in [0.29, 0.717) is 34.5 Å². The van der Waals surface area contributed by atoms with Gasteiger partial charge in [-0.05, 0) is 6.07 Å². The number of nitrogens with one attached hydrogen (secondary N) is 1. The SMILES string of the molecule is COc1cc(NC(=O)CCSc2ncccn2)cc(OC)c1. The minimum atomic E-state index is -0.0845. The molecule has 116 valence electrons. The van der Waals surface area contributed by atoms with Crippen LogP contribution in [-0.4, -0.2) is 35.8 Å². The monoisotopic (exact) mass is 319 g/mol. The van der Waals surface area contributed by atoms with Crippen molar-refractivity contribution < 1.29 is 14.3 Å². The third-order valence-corrected chi connectivity index (χ3v) is 3.61. The quantitative estimate of drug-likeness (QED) is 0.625. The highest BCUT2D eigenvalue weighted by molar-refractivity contribution is 7.99. The van der Waals surface area contributed by atoms with Gasteiger partial charge in [-0.25, -0.2) is 9.97 Å². The lowest BCUT2D eigenvalue weighted by Gasteiger charge is -2.09. The average molecular weight is 319 g/mol. The summed E-state index contributed by atoms with van der Waals surface area (Å²) in [5.41, 5.74) is 0.641. The molecule has 22 heavy (non-hydrogen) atoms. The molecule has 6 nitrogen and oxygen atoms in total. The summed E-state index contributed by atoms with van der Waals surface area (Å²) in [7, 11) is 3.13. The molecule has 1 heterocycles. The predicted octanol–water partition coefficient (Wildman–Crippen LogP) is 2.61. The van der Waals surface area contributed by atoms with Crippen LogP contribution in [0.25, 0.3) is 0 Å². The number of hydrogen-bond acceptors (Lipinski definition) is 6. The predicted molar refractivity (Wildman–Crippen MR) is 85.5 cm³/mol. The molecule has 0 aliphatic carbocycles. The Bertz CT molecular complexity index is 600. The first-order valence-corrected chi connectivity index (χ1v) is 7.62. The Balaban J connectivity index is 1.86. The summed E-state index contributed by atoms with van der Waals surface area (Å²) in [5, 5.41) is 3.49. The third-order valence-electron chi connectivity index (χ3n) is 2.74. The van der Waals surface area contributed by atoms with Crippen LogP contribution in [0.4, 0.5) is 5.69 Å². The van der Waals surface area contributed by atoms with E-state index in [1.165, 1.54) is 11.8 Å². The Morgan fingerprint density at radius 3 is 2.36 bits per heavy atom. The summed E-state index contributed by atoms with van der Waals surface area (Å²) in [4.78, 5) is 20.1. The van der Waals surface area contributed by atoms with E-state index in [1.807, 2.05) is 0 Å². The lowest BCUT2D eigenvalue weighted by molar-refractivity contribution is -0.115. The van der Waals surface area contributed by atoms with Crippen LogP contribution in [0.3, 0.4) is 0 Å². The Labute approximate surface area is 133 Å². The molecule has 1 N–H and O–H groups in total. The van der Waals surface area contributed by atoms with Gasteiger partial charge in [-0.2, -0.15) is 0 Å². The minimum absolute atomic E-state index is 0.0845. The molecule has 2 rings (SSSR count). The summed E-state index contributed by atoms with van der Waals surface area (Å²) in [6.45, 7) is 0. The number of methoxy groups -OCH3 is 2. The molecular formula is C15H17N3O3S. The van der Waals surface area contributed by atoms with Gasteiger partial charge in [-0.15, -0.1) is 0 Å². The summed E-state index contributed by atoms with van der Waals surface area (Å²) >= 11 is 1.44. The number of carbonyl (C=O) groups is 1. The van der Waals surface area contributed by atoms with Crippen LogP contribution in [0.5, 0.6) is 11.5 Å². The van der Waals surface area contributed by atoms with E-state index >= 15 is 0 Å². The summed E-state index contributed by atoms with van der Waals surface area (Å²) in [5.74, 6) is 1.78. The van der Waals surface area contributed by atoms with Gasteiger partial charge in [0.25, 0.3) is 0 Å². The molecule has 0 saturated carbocycles. The smallest absolute Gasteiger partial charge is 0.225 e. The van der Waals surface area contributed by atoms with Crippen molar-refractivity contribution in [2.45, 2.75) is 11.6 Å². The van der Waals surface area contributed by atoms with Crippen molar-refractivity contribution in [2.24, 2.45) is 0 Å². The lowest BCUT2D eigenvalue weighted by Crippen LogP contribution is -2.12. The molecular weight excluding hydrogens is 302 g/mol. The van der Waals surface area contributed by atoms with Gasteiger partial charge in [0, 0.05) is 48.5 Å². The third kappa shape index (κ3) is 4.92. The average Bonchev–Trinajstić information content (AvgIpc) is 2.55. The minimum Gasteiger partial charge on any atom is -0.497 e. The number of hydrogen-bond donors (Lipinski definition) is 1. The Hall–Kier alpha value is -2.28. The van der Waals surface area contributed by atoms with Crippen LogP contribution in [0.15, 0.2) is 41.8 Å². The zero-order valence-electron chi connectivity index (χ0n) is 12.4. The van der Waals surface area contributed by atoms with Crippen molar-refractivity contribution in [1.82, 2.24) is 9.97 Å². The molecule has 0 radical (unpaired) electrons. The van der Waals surface area contributed by atoms with Crippen molar-refractivity contribution in [3.8, 4) is 11.5 Å². The molecule has 0 bridgehead atoms. The summed E-state index contributed by atoms with van der Waals surface area (Å²) < 4.78 is 10.3. The summed E-state index contributed by atoms with van der Waals surface area (Å²) in [6, 6.07) is 6.99. The largest absolute Gasteiger partial charge is 0.497 e. The number of carbonyl (C=O) groups excluding carboxylic acids is 1. The van der Waals surface area contributed by atoms with E-state index in [2.05, 4.69) is 15.3 Å². The number of rotatable bonds is 7. The second kappa shape index (κ2) is 8.23. The topological polar surface area (TPSA) is 73.3 Å². The molecule has 0 aliphatic rings. The first kappa shape index (κ1) is 16.1. The van der Waals surface area contributed by atoms with Crippen LogP contribution in [-0.2, 0) is 4.79 Å². The van der Waals surface area contributed by atoms with Crippen molar-refractivity contribution in [3.63, 3.8) is 0 Å². The number of nitrogens with zero attached hydrogens (tertiary/aromatic N) is 2. The number of anilines is 1. The van der Waals surface area contributed by atoms with Gasteiger partial charge in [0.15, 0.2) is 5.16 Å². The fraction of sp³-hybridized carbons (Fsp3) is 0.267. The molecule has 1 aromatic heterocycles. The van der Waals surface area contributed by atoms with E-state index in [1.54, 1.807) is 50.9 Å². The van der Waals surface area contributed by atoms with Crippen LogP contribution in [0.1, 0.15) is 6.42 Å². The molecule has 2 aromatic rings. The summed E-state index contributed by atoms with van der Waals surface area (Å²) in [6.07, 6.45) is 3.72. The van der Waals surface area contributed by atoms with Gasteiger partial charge < -0.3 is 14.8 Å². The molecule has 0 aliphatic heterocycles. The van der Waals surface area contributed by atoms with Crippen molar-refractivity contribution in [2.75, 3.05) is 25.3 Å². The highest BCUT2D eigenvalue weighted by atomic mass is 32.2. The second-order valence-electron chi connectivity index (χ2n) is 4.28. The lowest BCUT2D eigenvalue weighted by atomic mass is 10.2. The molecule has 0 fully saturated rings. The molecule has 1 amide bonds. The van der Waals surface area contributed by atoms with Crippen molar-refractivity contribution >= 4 is 23.4 Å². The Morgan fingerprint density at radius 2 is 1.77 bits per heavy atom. The van der Waals surface area contributed by atoms with Gasteiger partial charge in [0.2, 0.25) is 5.91 Å². The number of ether oxygens (including phenoxy) is 2. The van der Waals surface area contributed by atoms with Gasteiger partial charge in [0.05, 0.1) is 14.2 Å². The maximum atomic E-state index is 12.0. The van der Waals surface area contributed by atoms with E-state index < -0.39 is 0 Å². The standard InChI is InChI=1S/C15H17N3O3S/c1-20-12-8-11(9-13(10-12)21-2)18-14(19)4-7-22-15-16-5-3-6-17-15/h3,5-6,8-10H,4,7H2,1-2H3,(H,18,19). The Kier molecular flexibility index (Phi) is 6.02. The molecule has 7 heteroatoms. The molecule has 0 saturated heterocycles. The van der Waals surface area contributed by atoms with Crippen LogP contribution in [0.2, 0.25) is 0 Å². The molecule has 0 unspecified atom stereocenters. The fourth-order valence-corrected chi connectivity index (χ4v) is 2.44. The van der Waals surface area contributed by atoms with Gasteiger partial charge in [0.1, 0.15) is 11.5 Å². The molecule has 1 aromatic carbocycles. The van der Waals surface area contributed by atoms with E-state index in [9.17, 15) is 4.79 Å². The van der Waals surface area contributed by atoms with Gasteiger partial charge in [-0.3, -0.25) is 4.79 Å². The first-order valence-electron chi connectivity index (χ1n) is 6.64. The fourth-order valence-electron chi connectivity index (χ4n) is 1.70. The van der Waals surface area contributed by atoms with E-state index in [4.69, 9.17) is 9.47 Å². The van der Waals surface area contributed by atoms with E-state index in [0.717, 1.165) is 0 Å². The zero-order valence-corrected chi connectivity index (χ0v) is 13.2. The number of aromatic nitrogens is 2. The van der Waals surface area contributed by atoms with Crippen molar-refractivity contribution in [1.29, 1.82) is 0 Å². The molecule has 0 spiro atoms. The van der Waals surface area contributed by atoms with Crippen LogP contribution < -0.4 is 14.8 Å².